The zero-order valence-electron chi connectivity index (χ0n) is 18.9. The summed E-state index contributed by atoms with van der Waals surface area (Å²) in [4.78, 5) is 16.1. The standard InChI is InChI=1S/C26H23ClF3N3OS/c1-2-3-14-32(17-20-7-6-15-35-20)25(34)19-12-10-18(11-13-19)23-16-24(26(28,29)30)31-33(23)22-9-5-4-8-21(22)27/h4-13,15-16H,2-3,14,17H2,1H3. The van der Waals surface area contributed by atoms with Crippen molar-refractivity contribution in [3.05, 3.63) is 93.3 Å². The number of aromatic nitrogens is 2. The summed E-state index contributed by atoms with van der Waals surface area (Å²) < 4.78 is 41.6. The topological polar surface area (TPSA) is 38.1 Å². The molecule has 0 N–H and O–H groups in total. The summed E-state index contributed by atoms with van der Waals surface area (Å²) in [7, 11) is 0. The zero-order chi connectivity index (χ0) is 25.0. The summed E-state index contributed by atoms with van der Waals surface area (Å²) >= 11 is 7.85. The molecule has 4 rings (SSSR count). The van der Waals surface area contributed by atoms with Crippen LogP contribution in [0.1, 0.15) is 40.7 Å². The summed E-state index contributed by atoms with van der Waals surface area (Å²) in [5.74, 6) is -0.117. The van der Waals surface area contributed by atoms with E-state index in [1.165, 1.54) is 4.68 Å². The molecular formula is C26H23ClF3N3OS. The zero-order valence-corrected chi connectivity index (χ0v) is 20.5. The lowest BCUT2D eigenvalue weighted by Crippen LogP contribution is -2.31. The third-order valence-corrected chi connectivity index (χ3v) is 6.68. The Kier molecular flexibility index (Phi) is 7.62. The van der Waals surface area contributed by atoms with Crippen LogP contribution in [0.2, 0.25) is 5.02 Å². The number of benzene rings is 2. The molecule has 0 radical (unpaired) electrons. The van der Waals surface area contributed by atoms with E-state index in [-0.39, 0.29) is 16.6 Å². The van der Waals surface area contributed by atoms with Crippen molar-refractivity contribution in [2.24, 2.45) is 0 Å². The number of hydrogen-bond acceptors (Lipinski definition) is 3. The van der Waals surface area contributed by atoms with E-state index in [0.717, 1.165) is 23.8 Å². The first-order valence-electron chi connectivity index (χ1n) is 11.1. The number of halogens is 4. The lowest BCUT2D eigenvalue weighted by molar-refractivity contribution is -0.141. The van der Waals surface area contributed by atoms with Gasteiger partial charge in [0.05, 0.1) is 22.9 Å². The quantitative estimate of drug-likeness (QED) is 0.240. The third-order valence-electron chi connectivity index (χ3n) is 5.50. The van der Waals surface area contributed by atoms with Crippen LogP contribution in [0.3, 0.4) is 0 Å². The Labute approximate surface area is 210 Å². The molecule has 0 aliphatic heterocycles. The van der Waals surface area contributed by atoms with Gasteiger partial charge in [-0.15, -0.1) is 11.3 Å². The van der Waals surface area contributed by atoms with E-state index in [2.05, 4.69) is 12.0 Å². The van der Waals surface area contributed by atoms with Crippen LogP contribution >= 0.6 is 22.9 Å². The molecule has 0 saturated heterocycles. The number of carbonyl (C=O) groups is 1. The van der Waals surface area contributed by atoms with E-state index in [9.17, 15) is 18.0 Å². The van der Waals surface area contributed by atoms with Crippen molar-refractivity contribution in [1.29, 1.82) is 0 Å². The third kappa shape index (κ3) is 5.77. The van der Waals surface area contributed by atoms with Gasteiger partial charge < -0.3 is 4.90 Å². The van der Waals surface area contributed by atoms with Gasteiger partial charge in [-0.1, -0.05) is 55.3 Å². The molecule has 182 valence electrons. The fraction of sp³-hybridized carbons (Fsp3) is 0.231. The number of carbonyl (C=O) groups excluding carboxylic acids is 1. The van der Waals surface area contributed by atoms with E-state index in [1.54, 1.807) is 64.8 Å². The number of nitrogens with zero attached hydrogens (tertiary/aromatic N) is 3. The summed E-state index contributed by atoms with van der Waals surface area (Å²) in [5.41, 5.74) is 0.505. The van der Waals surface area contributed by atoms with Crippen molar-refractivity contribution in [3.8, 4) is 16.9 Å². The van der Waals surface area contributed by atoms with Crippen LogP contribution in [-0.2, 0) is 12.7 Å². The van der Waals surface area contributed by atoms with Gasteiger partial charge in [0.25, 0.3) is 5.91 Å². The Morgan fingerprint density at radius 1 is 1.09 bits per heavy atom. The van der Waals surface area contributed by atoms with Gasteiger partial charge in [-0.2, -0.15) is 18.3 Å². The van der Waals surface area contributed by atoms with Crippen molar-refractivity contribution < 1.29 is 18.0 Å². The molecule has 2 aromatic heterocycles. The van der Waals surface area contributed by atoms with Crippen molar-refractivity contribution in [3.63, 3.8) is 0 Å². The van der Waals surface area contributed by atoms with Crippen LogP contribution in [-0.4, -0.2) is 27.1 Å². The maximum Gasteiger partial charge on any atom is 0.435 e. The monoisotopic (exact) mass is 517 g/mol. The van der Waals surface area contributed by atoms with Crippen molar-refractivity contribution in [1.82, 2.24) is 14.7 Å². The minimum absolute atomic E-state index is 0.117. The fourth-order valence-electron chi connectivity index (χ4n) is 3.69. The second-order valence-electron chi connectivity index (χ2n) is 8.01. The lowest BCUT2D eigenvalue weighted by atomic mass is 10.1. The molecular weight excluding hydrogens is 495 g/mol. The number of rotatable bonds is 8. The van der Waals surface area contributed by atoms with Gasteiger partial charge in [0, 0.05) is 22.5 Å². The highest BCUT2D eigenvalue weighted by molar-refractivity contribution is 7.09. The summed E-state index contributed by atoms with van der Waals surface area (Å²) in [5, 5.41) is 6.03. The molecule has 0 bridgehead atoms. The molecule has 0 aliphatic rings. The van der Waals surface area contributed by atoms with Gasteiger partial charge in [0.15, 0.2) is 5.69 Å². The number of amides is 1. The number of unbranched alkanes of at least 4 members (excludes halogenated alkanes) is 1. The molecule has 0 aliphatic carbocycles. The van der Waals surface area contributed by atoms with Gasteiger partial charge in [0.2, 0.25) is 0 Å². The Hall–Kier alpha value is -3.10. The maximum absolute atomic E-state index is 13.5. The fourth-order valence-corrected chi connectivity index (χ4v) is 4.63. The molecule has 4 nitrogen and oxygen atoms in total. The van der Waals surface area contributed by atoms with E-state index in [0.29, 0.717) is 29.9 Å². The molecule has 0 saturated carbocycles. The van der Waals surface area contributed by atoms with Crippen LogP contribution in [0.5, 0.6) is 0 Å². The van der Waals surface area contributed by atoms with Crippen LogP contribution in [0.15, 0.2) is 72.1 Å². The first kappa shape index (κ1) is 25.0. The van der Waals surface area contributed by atoms with Gasteiger partial charge >= 0.3 is 6.18 Å². The summed E-state index contributed by atoms with van der Waals surface area (Å²) in [6, 6.07) is 18.1. The predicted octanol–water partition coefficient (Wildman–Crippen LogP) is 7.72. The maximum atomic E-state index is 13.5. The highest BCUT2D eigenvalue weighted by Crippen LogP contribution is 2.34. The molecule has 2 heterocycles. The molecule has 1 amide bonds. The highest BCUT2D eigenvalue weighted by atomic mass is 35.5. The van der Waals surface area contributed by atoms with Crippen LogP contribution in [0.25, 0.3) is 16.9 Å². The molecule has 0 unspecified atom stereocenters. The second-order valence-corrected chi connectivity index (χ2v) is 9.45. The first-order chi connectivity index (χ1) is 16.8. The van der Waals surface area contributed by atoms with Gasteiger partial charge in [-0.3, -0.25) is 4.79 Å². The molecule has 0 fully saturated rings. The van der Waals surface area contributed by atoms with Gasteiger partial charge in [-0.25, -0.2) is 4.68 Å². The van der Waals surface area contributed by atoms with E-state index in [4.69, 9.17) is 11.6 Å². The average molecular weight is 518 g/mol. The molecule has 0 spiro atoms. The van der Waals surface area contributed by atoms with E-state index in [1.807, 2.05) is 17.5 Å². The number of alkyl halides is 3. The van der Waals surface area contributed by atoms with E-state index >= 15 is 0 Å². The number of hydrogen-bond donors (Lipinski definition) is 0. The normalized spacial score (nSPS) is 11.6. The molecule has 4 aromatic rings. The predicted molar refractivity (Wildman–Crippen MR) is 133 cm³/mol. The Balaban J connectivity index is 1.67. The largest absolute Gasteiger partial charge is 0.435 e. The SMILES string of the molecule is CCCCN(Cc1cccs1)C(=O)c1ccc(-c2cc(C(F)(F)F)nn2-c2ccccc2Cl)cc1. The average Bonchev–Trinajstić information content (AvgIpc) is 3.52. The van der Waals surface area contributed by atoms with Crippen molar-refractivity contribution in [2.45, 2.75) is 32.5 Å². The summed E-state index contributed by atoms with van der Waals surface area (Å²) in [6.07, 6.45) is -2.77. The second kappa shape index (κ2) is 10.7. The first-order valence-corrected chi connectivity index (χ1v) is 12.4. The Morgan fingerprint density at radius 2 is 1.83 bits per heavy atom. The van der Waals surface area contributed by atoms with Crippen molar-refractivity contribution >= 4 is 28.8 Å². The molecule has 2 aromatic carbocycles. The minimum atomic E-state index is -4.61. The minimum Gasteiger partial charge on any atom is -0.334 e. The van der Waals surface area contributed by atoms with E-state index < -0.39 is 11.9 Å². The van der Waals surface area contributed by atoms with Crippen LogP contribution < -0.4 is 0 Å². The van der Waals surface area contributed by atoms with Gasteiger partial charge in [-0.05, 0) is 48.2 Å². The summed E-state index contributed by atoms with van der Waals surface area (Å²) in [6.45, 7) is 3.22. The molecule has 0 atom stereocenters. The number of para-hydroxylation sites is 1. The Morgan fingerprint density at radius 3 is 2.46 bits per heavy atom. The van der Waals surface area contributed by atoms with Crippen molar-refractivity contribution in [2.75, 3.05) is 6.54 Å². The van der Waals surface area contributed by atoms with Gasteiger partial charge in [0.1, 0.15) is 0 Å². The van der Waals surface area contributed by atoms with Crippen LogP contribution in [0, 0.1) is 0 Å². The molecule has 35 heavy (non-hydrogen) atoms. The van der Waals surface area contributed by atoms with Crippen LogP contribution in [0.4, 0.5) is 13.2 Å². The lowest BCUT2D eigenvalue weighted by Gasteiger charge is -2.22. The molecule has 9 heteroatoms. The highest BCUT2D eigenvalue weighted by Gasteiger charge is 2.35. The smallest absolute Gasteiger partial charge is 0.334 e. The Bertz CT molecular complexity index is 1280. The number of thiophene rings is 1.